The third-order valence-corrected chi connectivity index (χ3v) is 5.19. The van der Waals surface area contributed by atoms with Gasteiger partial charge in [0.25, 0.3) is 5.91 Å². The minimum Gasteiger partial charge on any atom is -0.315 e. The van der Waals surface area contributed by atoms with Crippen LogP contribution in [0.1, 0.15) is 10.4 Å². The molecule has 0 radical (unpaired) electrons. The largest absolute Gasteiger partial charge is 0.315 e. The van der Waals surface area contributed by atoms with Crippen LogP contribution >= 0.6 is 27.7 Å². The van der Waals surface area contributed by atoms with Crippen molar-refractivity contribution in [3.05, 3.63) is 71.2 Å². The molecule has 2 aromatic carbocycles. The van der Waals surface area contributed by atoms with Crippen molar-refractivity contribution in [2.24, 2.45) is 0 Å². The molecule has 1 aromatic heterocycles. The predicted molar refractivity (Wildman–Crippen MR) is 110 cm³/mol. The summed E-state index contributed by atoms with van der Waals surface area (Å²) < 4.78 is 2.88. The second kappa shape index (κ2) is 8.88. The summed E-state index contributed by atoms with van der Waals surface area (Å²) in [6, 6.07) is 14.6. The number of para-hydroxylation sites is 2. The van der Waals surface area contributed by atoms with E-state index in [4.69, 9.17) is 0 Å². The molecule has 2 amide bonds. The summed E-state index contributed by atoms with van der Waals surface area (Å²) in [5.74, 6) is -0.566. The number of nitrogens with one attached hydrogen (secondary N) is 2. The number of hydrazine groups is 1. The van der Waals surface area contributed by atoms with Crippen LogP contribution in [0, 0.1) is 0 Å². The monoisotopic (exact) mass is 444 g/mol. The van der Waals surface area contributed by atoms with Crippen LogP contribution in [-0.2, 0) is 11.3 Å². The molecule has 0 spiro atoms. The summed E-state index contributed by atoms with van der Waals surface area (Å²) in [5, 5.41) is 0.727. The van der Waals surface area contributed by atoms with Crippen molar-refractivity contribution in [3.63, 3.8) is 0 Å². The Morgan fingerprint density at radius 1 is 1.15 bits per heavy atom. The molecule has 3 rings (SSSR count). The Hall–Kier alpha value is -2.58. The van der Waals surface area contributed by atoms with E-state index in [-0.39, 0.29) is 17.6 Å². The van der Waals surface area contributed by atoms with Crippen molar-refractivity contribution < 1.29 is 9.59 Å². The van der Waals surface area contributed by atoms with Gasteiger partial charge in [-0.15, -0.1) is 6.58 Å². The molecular formula is C19H17BrN4O2S. The number of rotatable bonds is 6. The van der Waals surface area contributed by atoms with Gasteiger partial charge < -0.3 is 4.57 Å². The third kappa shape index (κ3) is 4.78. The number of halogens is 1. The fraction of sp³-hybridized carbons (Fsp3) is 0.105. The van der Waals surface area contributed by atoms with Gasteiger partial charge in [-0.1, -0.05) is 45.9 Å². The van der Waals surface area contributed by atoms with Gasteiger partial charge in [-0.2, -0.15) is 0 Å². The van der Waals surface area contributed by atoms with Gasteiger partial charge >= 0.3 is 0 Å². The van der Waals surface area contributed by atoms with E-state index in [9.17, 15) is 9.59 Å². The van der Waals surface area contributed by atoms with Crippen molar-refractivity contribution in [2.45, 2.75) is 11.7 Å². The maximum absolute atomic E-state index is 12.1. The zero-order chi connectivity index (χ0) is 19.2. The van der Waals surface area contributed by atoms with E-state index >= 15 is 0 Å². The smallest absolute Gasteiger partial charge is 0.269 e. The molecule has 3 aromatic rings. The molecule has 8 heteroatoms. The molecular weight excluding hydrogens is 428 g/mol. The first-order valence-electron chi connectivity index (χ1n) is 8.12. The fourth-order valence-electron chi connectivity index (χ4n) is 2.44. The summed E-state index contributed by atoms with van der Waals surface area (Å²) in [4.78, 5) is 28.7. The average molecular weight is 445 g/mol. The molecule has 0 bridgehead atoms. The molecule has 0 aliphatic heterocycles. The third-order valence-electron chi connectivity index (χ3n) is 3.69. The van der Waals surface area contributed by atoms with Gasteiger partial charge in [0.1, 0.15) is 0 Å². The number of carbonyl (C=O) groups is 2. The number of thioether (sulfide) groups is 1. The van der Waals surface area contributed by atoms with Crippen LogP contribution in [0.4, 0.5) is 0 Å². The highest BCUT2D eigenvalue weighted by molar-refractivity contribution is 9.10. The Labute approximate surface area is 169 Å². The first-order valence-corrected chi connectivity index (χ1v) is 9.90. The molecule has 0 aliphatic rings. The maximum Gasteiger partial charge on any atom is 0.269 e. The van der Waals surface area contributed by atoms with Gasteiger partial charge in [-0.3, -0.25) is 20.4 Å². The van der Waals surface area contributed by atoms with Crippen molar-refractivity contribution in [3.8, 4) is 0 Å². The number of hydrogen-bond acceptors (Lipinski definition) is 4. The topological polar surface area (TPSA) is 76.0 Å². The normalized spacial score (nSPS) is 10.6. The van der Waals surface area contributed by atoms with Gasteiger partial charge in [0.05, 0.1) is 16.8 Å². The summed E-state index contributed by atoms with van der Waals surface area (Å²) in [7, 11) is 0. The molecule has 0 saturated carbocycles. The van der Waals surface area contributed by atoms with Gasteiger partial charge in [0.15, 0.2) is 5.16 Å². The van der Waals surface area contributed by atoms with Crippen LogP contribution < -0.4 is 10.9 Å². The quantitative estimate of drug-likeness (QED) is 0.346. The number of aromatic nitrogens is 2. The Kier molecular flexibility index (Phi) is 6.31. The van der Waals surface area contributed by atoms with E-state index in [1.165, 1.54) is 11.8 Å². The van der Waals surface area contributed by atoms with Crippen LogP contribution in [0.15, 0.2) is 70.8 Å². The Morgan fingerprint density at radius 2 is 1.89 bits per heavy atom. The van der Waals surface area contributed by atoms with Gasteiger partial charge in [0, 0.05) is 16.6 Å². The number of imidazole rings is 1. The Morgan fingerprint density at radius 3 is 2.63 bits per heavy atom. The van der Waals surface area contributed by atoms with E-state index in [0.29, 0.717) is 12.1 Å². The lowest BCUT2D eigenvalue weighted by atomic mass is 10.2. The number of hydrogen-bond donors (Lipinski definition) is 2. The fourth-order valence-corrected chi connectivity index (χ4v) is 3.52. The van der Waals surface area contributed by atoms with Crippen LogP contribution in [-0.4, -0.2) is 27.1 Å². The molecule has 0 unspecified atom stereocenters. The SMILES string of the molecule is C=CCn1c(SCC(=O)NNC(=O)c2ccc(Br)cc2)nc2ccccc21. The Balaban J connectivity index is 1.58. The highest BCUT2D eigenvalue weighted by Gasteiger charge is 2.13. The summed E-state index contributed by atoms with van der Waals surface area (Å²) in [6.07, 6.45) is 1.79. The van der Waals surface area contributed by atoms with E-state index in [1.54, 1.807) is 30.3 Å². The Bertz CT molecular complexity index is 985. The molecule has 1 heterocycles. The molecule has 0 aliphatic carbocycles. The molecule has 2 N–H and O–H groups in total. The molecule has 0 fully saturated rings. The second-order valence-electron chi connectivity index (χ2n) is 5.58. The van der Waals surface area contributed by atoms with E-state index < -0.39 is 0 Å². The zero-order valence-corrected chi connectivity index (χ0v) is 16.7. The second-order valence-corrected chi connectivity index (χ2v) is 7.44. The highest BCUT2D eigenvalue weighted by atomic mass is 79.9. The first kappa shape index (κ1) is 19.2. The maximum atomic E-state index is 12.1. The molecule has 6 nitrogen and oxygen atoms in total. The van der Waals surface area contributed by atoms with Gasteiger partial charge in [-0.05, 0) is 36.4 Å². The standard InChI is InChI=1S/C19H17BrN4O2S/c1-2-11-24-16-6-4-3-5-15(16)21-19(24)27-12-17(25)22-23-18(26)13-7-9-14(20)10-8-13/h2-10H,1,11-12H2,(H,22,25)(H,23,26). The zero-order valence-electron chi connectivity index (χ0n) is 14.3. The predicted octanol–water partition coefficient (Wildman–Crippen LogP) is 3.54. The number of amides is 2. The highest BCUT2D eigenvalue weighted by Crippen LogP contribution is 2.23. The summed E-state index contributed by atoms with van der Waals surface area (Å²) >= 11 is 4.62. The summed E-state index contributed by atoms with van der Waals surface area (Å²) in [5.41, 5.74) is 7.15. The van der Waals surface area contributed by atoms with Crippen molar-refractivity contribution >= 4 is 50.5 Å². The lowest BCUT2D eigenvalue weighted by Gasteiger charge is -2.08. The number of fused-ring (bicyclic) bond motifs is 1. The number of allylic oxidation sites excluding steroid dienone is 1. The molecule has 27 heavy (non-hydrogen) atoms. The first-order chi connectivity index (χ1) is 13.1. The van der Waals surface area contributed by atoms with E-state index in [2.05, 4.69) is 38.3 Å². The van der Waals surface area contributed by atoms with Crippen molar-refractivity contribution in [1.29, 1.82) is 0 Å². The summed E-state index contributed by atoms with van der Waals surface area (Å²) in [6.45, 7) is 4.38. The minimum absolute atomic E-state index is 0.126. The van der Waals surface area contributed by atoms with Crippen molar-refractivity contribution in [1.82, 2.24) is 20.4 Å². The number of carbonyl (C=O) groups excluding carboxylic acids is 2. The van der Waals surface area contributed by atoms with E-state index in [0.717, 1.165) is 20.7 Å². The lowest BCUT2D eigenvalue weighted by Crippen LogP contribution is -2.42. The number of benzene rings is 2. The van der Waals surface area contributed by atoms with Gasteiger partial charge in [0.2, 0.25) is 5.91 Å². The average Bonchev–Trinajstić information content (AvgIpc) is 3.03. The van der Waals surface area contributed by atoms with Crippen LogP contribution in [0.2, 0.25) is 0 Å². The molecule has 138 valence electrons. The van der Waals surface area contributed by atoms with E-state index in [1.807, 2.05) is 28.8 Å². The lowest BCUT2D eigenvalue weighted by molar-refractivity contribution is -0.119. The van der Waals surface area contributed by atoms with Crippen LogP contribution in [0.3, 0.4) is 0 Å². The number of nitrogens with zero attached hydrogens (tertiary/aromatic N) is 2. The molecule has 0 atom stereocenters. The van der Waals surface area contributed by atoms with Crippen LogP contribution in [0.25, 0.3) is 11.0 Å². The minimum atomic E-state index is -0.375. The van der Waals surface area contributed by atoms with Crippen LogP contribution in [0.5, 0.6) is 0 Å². The van der Waals surface area contributed by atoms with Crippen molar-refractivity contribution in [2.75, 3.05) is 5.75 Å². The molecule has 0 saturated heterocycles. The van der Waals surface area contributed by atoms with Gasteiger partial charge in [-0.25, -0.2) is 4.98 Å².